The predicted molar refractivity (Wildman–Crippen MR) is 137 cm³/mol. The van der Waals surface area contributed by atoms with Gasteiger partial charge in [-0.1, -0.05) is 38.1 Å². The molecule has 2 heterocycles. The van der Waals surface area contributed by atoms with Gasteiger partial charge in [-0.05, 0) is 47.4 Å². The van der Waals surface area contributed by atoms with E-state index in [-0.39, 0.29) is 23.2 Å². The molecule has 0 saturated carbocycles. The molecular weight excluding hydrogens is 456 g/mol. The Morgan fingerprint density at radius 2 is 1.58 bits per heavy atom. The van der Waals surface area contributed by atoms with Crippen molar-refractivity contribution in [2.75, 3.05) is 26.3 Å². The minimum atomic E-state index is -0.0862. The second kappa shape index (κ2) is 10.0. The number of hydrogen-bond acceptors (Lipinski definition) is 7. The second-order valence-corrected chi connectivity index (χ2v) is 9.37. The number of nitrogens with zero attached hydrogens (tertiary/aromatic N) is 4. The fourth-order valence-electron chi connectivity index (χ4n) is 4.54. The first-order valence-electron chi connectivity index (χ1n) is 12.1. The lowest BCUT2D eigenvalue weighted by Gasteiger charge is -2.26. The molecule has 1 aliphatic heterocycles. The molecule has 3 aromatic carbocycles. The van der Waals surface area contributed by atoms with Crippen LogP contribution in [0.3, 0.4) is 0 Å². The molecule has 1 aliphatic rings. The van der Waals surface area contributed by atoms with E-state index < -0.39 is 0 Å². The van der Waals surface area contributed by atoms with Crippen LogP contribution in [-0.4, -0.2) is 61.3 Å². The van der Waals surface area contributed by atoms with Gasteiger partial charge in [0.2, 0.25) is 0 Å². The molecule has 0 aliphatic carbocycles. The Labute approximate surface area is 210 Å². The van der Waals surface area contributed by atoms with Crippen LogP contribution in [0.4, 0.5) is 0 Å². The van der Waals surface area contributed by atoms with Crippen LogP contribution < -0.4 is 0 Å². The third-order valence-electron chi connectivity index (χ3n) is 6.48. The van der Waals surface area contributed by atoms with E-state index in [2.05, 4.69) is 27.2 Å². The summed E-state index contributed by atoms with van der Waals surface area (Å²) in [6, 6.07) is 18.1. The van der Waals surface area contributed by atoms with Gasteiger partial charge in [0.05, 0.1) is 18.8 Å². The van der Waals surface area contributed by atoms with Crippen molar-refractivity contribution in [1.29, 1.82) is 0 Å². The zero-order valence-corrected chi connectivity index (χ0v) is 20.4. The fourth-order valence-corrected chi connectivity index (χ4v) is 4.54. The van der Waals surface area contributed by atoms with E-state index in [9.17, 15) is 15.3 Å². The summed E-state index contributed by atoms with van der Waals surface area (Å²) in [4.78, 5) is 2.36. The van der Waals surface area contributed by atoms with Crippen molar-refractivity contribution >= 4 is 0 Å². The molecule has 0 amide bonds. The van der Waals surface area contributed by atoms with Crippen LogP contribution in [0.1, 0.15) is 30.9 Å². The van der Waals surface area contributed by atoms with E-state index in [0.717, 1.165) is 38.5 Å². The molecule has 8 heteroatoms. The quantitative estimate of drug-likeness (QED) is 0.364. The Balaban J connectivity index is 1.61. The van der Waals surface area contributed by atoms with Gasteiger partial charge < -0.3 is 20.1 Å². The van der Waals surface area contributed by atoms with Crippen molar-refractivity contribution in [2.24, 2.45) is 0 Å². The lowest BCUT2D eigenvalue weighted by atomic mass is 9.98. The standard InChI is InChI=1S/C28H30N4O4/c1-18(2)23-15-24(26(35)16-25(23)34)28-30-29-27(20-4-3-5-22(33)14-20)32(28)21-8-6-19(7-9-21)17-31-10-12-36-13-11-31/h3-9,14-16,18,33-35H,10-13,17H2,1-2H3. The van der Waals surface area contributed by atoms with Gasteiger partial charge in [-0.15, -0.1) is 10.2 Å². The van der Waals surface area contributed by atoms with Crippen LogP contribution in [0.2, 0.25) is 0 Å². The van der Waals surface area contributed by atoms with Gasteiger partial charge in [0.25, 0.3) is 0 Å². The molecule has 186 valence electrons. The zero-order valence-electron chi connectivity index (χ0n) is 20.4. The summed E-state index contributed by atoms with van der Waals surface area (Å²) in [6.45, 7) is 8.13. The first kappa shape index (κ1) is 23.8. The highest BCUT2D eigenvalue weighted by molar-refractivity contribution is 5.73. The maximum atomic E-state index is 10.8. The Hall–Kier alpha value is -3.88. The van der Waals surface area contributed by atoms with E-state index >= 15 is 0 Å². The summed E-state index contributed by atoms with van der Waals surface area (Å²) in [7, 11) is 0. The minimum Gasteiger partial charge on any atom is -0.508 e. The molecule has 0 unspecified atom stereocenters. The average molecular weight is 487 g/mol. The Morgan fingerprint density at radius 1 is 0.861 bits per heavy atom. The Kier molecular flexibility index (Phi) is 6.63. The molecule has 1 saturated heterocycles. The molecule has 5 rings (SSSR count). The van der Waals surface area contributed by atoms with Crippen LogP contribution in [0.15, 0.2) is 60.7 Å². The smallest absolute Gasteiger partial charge is 0.172 e. The van der Waals surface area contributed by atoms with Crippen LogP contribution >= 0.6 is 0 Å². The molecule has 1 aromatic heterocycles. The maximum absolute atomic E-state index is 10.8. The number of aromatic nitrogens is 3. The SMILES string of the molecule is CC(C)c1cc(-c2nnc(-c3cccc(O)c3)n2-c2ccc(CN3CCOCC3)cc2)c(O)cc1O. The van der Waals surface area contributed by atoms with E-state index in [1.165, 1.54) is 11.6 Å². The number of ether oxygens (including phenoxy) is 1. The monoisotopic (exact) mass is 486 g/mol. The average Bonchev–Trinajstić information content (AvgIpc) is 3.30. The third-order valence-corrected chi connectivity index (χ3v) is 6.48. The van der Waals surface area contributed by atoms with Crippen molar-refractivity contribution < 1.29 is 20.1 Å². The molecule has 8 nitrogen and oxygen atoms in total. The Morgan fingerprint density at radius 3 is 2.28 bits per heavy atom. The molecule has 36 heavy (non-hydrogen) atoms. The lowest BCUT2D eigenvalue weighted by molar-refractivity contribution is 0.0342. The molecule has 3 N–H and O–H groups in total. The van der Waals surface area contributed by atoms with E-state index in [1.807, 2.05) is 36.6 Å². The van der Waals surface area contributed by atoms with Crippen molar-refractivity contribution in [3.63, 3.8) is 0 Å². The highest BCUT2D eigenvalue weighted by Gasteiger charge is 2.22. The van der Waals surface area contributed by atoms with Crippen molar-refractivity contribution in [2.45, 2.75) is 26.3 Å². The molecule has 4 aromatic rings. The number of phenolic OH excluding ortho intramolecular Hbond substituents is 3. The molecule has 0 atom stereocenters. The summed E-state index contributed by atoms with van der Waals surface area (Å²) in [5.74, 6) is 1.09. The van der Waals surface area contributed by atoms with Gasteiger partial charge in [0.15, 0.2) is 11.6 Å². The molecule has 0 radical (unpaired) electrons. The maximum Gasteiger partial charge on any atom is 0.172 e. The predicted octanol–water partition coefficient (Wildman–Crippen LogP) is 4.67. The van der Waals surface area contributed by atoms with Crippen molar-refractivity contribution in [3.8, 4) is 45.7 Å². The third kappa shape index (κ3) is 4.78. The van der Waals surface area contributed by atoms with E-state index in [4.69, 9.17) is 4.74 Å². The normalized spacial score (nSPS) is 14.4. The zero-order chi connectivity index (χ0) is 25.2. The number of phenols is 3. The van der Waals surface area contributed by atoms with E-state index in [1.54, 1.807) is 24.3 Å². The van der Waals surface area contributed by atoms with Gasteiger partial charge >= 0.3 is 0 Å². The van der Waals surface area contributed by atoms with Crippen molar-refractivity contribution in [3.05, 3.63) is 71.8 Å². The van der Waals surface area contributed by atoms with E-state index in [0.29, 0.717) is 28.3 Å². The van der Waals surface area contributed by atoms with Gasteiger partial charge in [-0.25, -0.2) is 0 Å². The van der Waals surface area contributed by atoms with Gasteiger partial charge in [0.1, 0.15) is 17.2 Å². The number of hydrogen-bond donors (Lipinski definition) is 3. The first-order chi connectivity index (χ1) is 17.4. The first-order valence-corrected chi connectivity index (χ1v) is 12.1. The molecular formula is C28H30N4O4. The fraction of sp³-hybridized carbons (Fsp3) is 0.286. The lowest BCUT2D eigenvalue weighted by Crippen LogP contribution is -2.35. The summed E-state index contributed by atoms with van der Waals surface area (Å²) < 4.78 is 7.32. The van der Waals surface area contributed by atoms with Crippen LogP contribution in [-0.2, 0) is 11.3 Å². The summed E-state index contributed by atoms with van der Waals surface area (Å²) >= 11 is 0. The number of morpholine rings is 1. The highest BCUT2D eigenvalue weighted by Crippen LogP contribution is 2.39. The van der Waals surface area contributed by atoms with Crippen LogP contribution in [0.25, 0.3) is 28.5 Å². The molecule has 0 spiro atoms. The van der Waals surface area contributed by atoms with Crippen molar-refractivity contribution in [1.82, 2.24) is 19.7 Å². The van der Waals surface area contributed by atoms with Crippen LogP contribution in [0.5, 0.6) is 17.2 Å². The number of benzene rings is 3. The summed E-state index contributed by atoms with van der Waals surface area (Å²) in [5, 5.41) is 40.1. The van der Waals surface area contributed by atoms with Crippen LogP contribution in [0, 0.1) is 0 Å². The summed E-state index contributed by atoms with van der Waals surface area (Å²) in [6.07, 6.45) is 0. The molecule has 1 fully saturated rings. The van der Waals surface area contributed by atoms with Gasteiger partial charge in [-0.2, -0.15) is 0 Å². The minimum absolute atomic E-state index is 0.0398. The summed E-state index contributed by atoms with van der Waals surface area (Å²) in [5.41, 5.74) is 3.86. The van der Waals surface area contributed by atoms with Gasteiger partial charge in [0, 0.05) is 37.0 Å². The van der Waals surface area contributed by atoms with Gasteiger partial charge in [-0.3, -0.25) is 9.47 Å². The highest BCUT2D eigenvalue weighted by atomic mass is 16.5. The second-order valence-electron chi connectivity index (χ2n) is 9.37. The number of aromatic hydroxyl groups is 3. The molecule has 0 bridgehead atoms. The number of rotatable bonds is 6. The topological polar surface area (TPSA) is 104 Å². The largest absolute Gasteiger partial charge is 0.508 e. The Bertz CT molecular complexity index is 1360.